The monoisotopic (exact) mass is 159 g/mol. The summed E-state index contributed by atoms with van der Waals surface area (Å²) in [4.78, 5) is 0. The van der Waals surface area contributed by atoms with Gasteiger partial charge in [-0.05, 0) is 6.42 Å². The summed E-state index contributed by atoms with van der Waals surface area (Å²) in [6.07, 6.45) is 0.393. The van der Waals surface area contributed by atoms with Gasteiger partial charge in [0.25, 0.3) is 6.43 Å². The molecule has 0 aromatic carbocycles. The Morgan fingerprint density at radius 1 is 1.55 bits per heavy atom. The Labute approximate surface area is 64.0 Å². The molecule has 0 aromatic rings. The molecule has 1 aliphatic heterocycles. The maximum Gasteiger partial charge on any atom is 0.282 e. The van der Waals surface area contributed by atoms with Gasteiger partial charge in [0.15, 0.2) is 0 Å². The van der Waals surface area contributed by atoms with E-state index in [9.17, 15) is 8.78 Å². The largest absolute Gasteiger partial charge is 0.282 e. The second kappa shape index (κ2) is 3.46. The molecule has 2 nitrogen and oxygen atoms in total. The number of hydrogen-bond acceptors (Lipinski definition) is 1. The minimum Gasteiger partial charge on any atom is -0.203 e. The van der Waals surface area contributed by atoms with Crippen molar-refractivity contribution in [3.05, 3.63) is 11.8 Å². The van der Waals surface area contributed by atoms with Gasteiger partial charge in [-0.1, -0.05) is 13.3 Å². The van der Waals surface area contributed by atoms with Gasteiger partial charge in [-0.25, -0.2) is 8.78 Å². The van der Waals surface area contributed by atoms with Crippen LogP contribution in [-0.2, 0) is 0 Å². The van der Waals surface area contributed by atoms with E-state index in [-0.39, 0.29) is 5.71 Å². The lowest BCUT2D eigenvalue weighted by molar-refractivity contribution is 0.225. The molecular formula is C7H9F2N2. The van der Waals surface area contributed by atoms with Crippen molar-refractivity contribution in [3.63, 3.8) is 0 Å². The van der Waals surface area contributed by atoms with E-state index in [1.807, 2.05) is 6.92 Å². The van der Waals surface area contributed by atoms with Crippen LogP contribution in [0.4, 0.5) is 8.78 Å². The van der Waals surface area contributed by atoms with Gasteiger partial charge in [-0.3, -0.25) is 0 Å². The van der Waals surface area contributed by atoms with Gasteiger partial charge >= 0.3 is 0 Å². The molecule has 0 amide bonds. The first-order chi connectivity index (χ1) is 5.25. The zero-order chi connectivity index (χ0) is 8.27. The lowest BCUT2D eigenvalue weighted by Crippen LogP contribution is -2.10. The lowest BCUT2D eigenvalue weighted by atomic mass is 10.1. The van der Waals surface area contributed by atoms with Crippen LogP contribution in [0.3, 0.4) is 0 Å². The normalized spacial score (nSPS) is 16.4. The van der Waals surface area contributed by atoms with Gasteiger partial charge in [-0.15, -0.1) is 5.10 Å². The molecule has 0 aromatic heterocycles. The van der Waals surface area contributed by atoms with E-state index in [0.29, 0.717) is 12.0 Å². The first-order valence-corrected chi connectivity index (χ1v) is 3.51. The summed E-state index contributed by atoms with van der Waals surface area (Å²) in [5.74, 6) is 0. The average Bonchev–Trinajstić information content (AvgIpc) is 2.36. The Balaban J connectivity index is 2.60. The van der Waals surface area contributed by atoms with E-state index < -0.39 is 6.43 Å². The van der Waals surface area contributed by atoms with E-state index in [0.717, 1.165) is 6.42 Å². The molecule has 0 aliphatic carbocycles. The van der Waals surface area contributed by atoms with E-state index >= 15 is 0 Å². The first-order valence-electron chi connectivity index (χ1n) is 3.51. The number of alkyl halides is 2. The molecule has 0 N–H and O–H groups in total. The third-order valence-electron chi connectivity index (χ3n) is 1.43. The molecule has 0 atom stereocenters. The van der Waals surface area contributed by atoms with Crippen molar-refractivity contribution < 1.29 is 8.78 Å². The Hall–Kier alpha value is -0.930. The highest BCUT2D eigenvalue weighted by Gasteiger charge is 2.21. The average molecular weight is 159 g/mol. The molecule has 0 unspecified atom stereocenters. The van der Waals surface area contributed by atoms with Crippen molar-refractivity contribution in [2.45, 2.75) is 26.2 Å². The summed E-state index contributed by atoms with van der Waals surface area (Å²) in [7, 11) is 0. The fourth-order valence-electron chi connectivity index (χ4n) is 0.937. The molecule has 11 heavy (non-hydrogen) atoms. The highest BCUT2D eigenvalue weighted by atomic mass is 19.3. The van der Waals surface area contributed by atoms with Crippen molar-refractivity contribution in [2.75, 3.05) is 0 Å². The highest BCUT2D eigenvalue weighted by Crippen LogP contribution is 2.16. The lowest BCUT2D eigenvalue weighted by Gasteiger charge is -2.00. The first kappa shape index (κ1) is 8.17. The molecule has 61 valence electrons. The van der Waals surface area contributed by atoms with Crippen LogP contribution in [-0.4, -0.2) is 12.1 Å². The summed E-state index contributed by atoms with van der Waals surface area (Å²) in [5.41, 5.74) is 3.84. The predicted molar refractivity (Wildman–Crippen MR) is 38.6 cm³/mol. The Morgan fingerprint density at radius 3 is 2.82 bits per heavy atom. The SMILES string of the molecule is CCCC1=C[N]N=C1C(F)F. The Bertz CT molecular complexity index is 197. The topological polar surface area (TPSA) is 26.5 Å². The molecule has 4 heteroatoms. The van der Waals surface area contributed by atoms with Crippen LogP contribution >= 0.6 is 0 Å². The minimum absolute atomic E-state index is 0.160. The second-order valence-corrected chi connectivity index (χ2v) is 2.31. The van der Waals surface area contributed by atoms with Crippen molar-refractivity contribution in [3.8, 4) is 0 Å². The minimum atomic E-state index is -2.49. The Kier molecular flexibility index (Phi) is 2.57. The molecule has 1 aliphatic rings. The van der Waals surface area contributed by atoms with Gasteiger partial charge < -0.3 is 0 Å². The van der Waals surface area contributed by atoms with Gasteiger partial charge in [0.2, 0.25) is 0 Å². The standard InChI is InChI=1S/C7H9F2N2/c1-2-3-5-4-10-11-6(5)7(8)9/h4,7H,2-3H2,1H3. The summed E-state index contributed by atoms with van der Waals surface area (Å²) in [6, 6.07) is 0. The van der Waals surface area contributed by atoms with Gasteiger partial charge in [0, 0.05) is 5.57 Å². The van der Waals surface area contributed by atoms with Gasteiger partial charge in [0.05, 0.1) is 6.20 Å². The fourth-order valence-corrected chi connectivity index (χ4v) is 0.937. The highest BCUT2D eigenvalue weighted by molar-refractivity contribution is 6.03. The number of allylic oxidation sites excluding steroid dienone is 1. The number of hydrogen-bond donors (Lipinski definition) is 0. The fraction of sp³-hybridized carbons (Fsp3) is 0.571. The quantitative estimate of drug-likeness (QED) is 0.601. The number of halogens is 2. The molecule has 0 saturated heterocycles. The summed E-state index contributed by atoms with van der Waals surface area (Å²) in [5, 5.41) is 3.33. The maximum atomic E-state index is 12.1. The second-order valence-electron chi connectivity index (χ2n) is 2.31. The summed E-state index contributed by atoms with van der Waals surface area (Å²) < 4.78 is 24.2. The third-order valence-corrected chi connectivity index (χ3v) is 1.43. The van der Waals surface area contributed by atoms with Crippen LogP contribution in [0.1, 0.15) is 19.8 Å². The molecule has 1 heterocycles. The number of nitrogens with zero attached hydrogens (tertiary/aromatic N) is 2. The van der Waals surface area contributed by atoms with Crippen molar-refractivity contribution in [1.82, 2.24) is 5.43 Å². The van der Waals surface area contributed by atoms with Crippen LogP contribution in [0, 0.1) is 0 Å². The number of rotatable bonds is 3. The van der Waals surface area contributed by atoms with Crippen LogP contribution in [0.25, 0.3) is 0 Å². The smallest absolute Gasteiger partial charge is 0.203 e. The zero-order valence-corrected chi connectivity index (χ0v) is 6.22. The predicted octanol–water partition coefficient (Wildman–Crippen LogP) is 1.91. The molecule has 0 fully saturated rings. The summed E-state index contributed by atoms with van der Waals surface area (Å²) >= 11 is 0. The van der Waals surface area contributed by atoms with E-state index in [2.05, 4.69) is 10.5 Å². The van der Waals surface area contributed by atoms with E-state index in [4.69, 9.17) is 0 Å². The molecule has 1 radical (unpaired) electrons. The van der Waals surface area contributed by atoms with Crippen LogP contribution in [0.2, 0.25) is 0 Å². The van der Waals surface area contributed by atoms with Crippen LogP contribution in [0.5, 0.6) is 0 Å². The van der Waals surface area contributed by atoms with Gasteiger partial charge in [-0.2, -0.15) is 5.43 Å². The molecule has 1 rings (SSSR count). The summed E-state index contributed by atoms with van der Waals surface area (Å²) in [6.45, 7) is 1.93. The zero-order valence-electron chi connectivity index (χ0n) is 6.22. The van der Waals surface area contributed by atoms with Crippen molar-refractivity contribution >= 4 is 5.71 Å². The van der Waals surface area contributed by atoms with Gasteiger partial charge in [0.1, 0.15) is 5.71 Å². The third kappa shape index (κ3) is 1.76. The van der Waals surface area contributed by atoms with Crippen LogP contribution < -0.4 is 5.43 Å². The molecule has 0 spiro atoms. The molecular weight excluding hydrogens is 150 g/mol. The van der Waals surface area contributed by atoms with Crippen molar-refractivity contribution in [2.24, 2.45) is 5.10 Å². The maximum absolute atomic E-state index is 12.1. The Morgan fingerprint density at radius 2 is 2.27 bits per heavy atom. The van der Waals surface area contributed by atoms with Crippen LogP contribution in [0.15, 0.2) is 16.9 Å². The molecule has 0 saturated carbocycles. The molecule has 0 bridgehead atoms. The van der Waals surface area contributed by atoms with E-state index in [1.54, 1.807) is 0 Å². The van der Waals surface area contributed by atoms with E-state index in [1.165, 1.54) is 6.20 Å². The van der Waals surface area contributed by atoms with Crippen molar-refractivity contribution in [1.29, 1.82) is 0 Å².